The van der Waals surface area contributed by atoms with Crippen LogP contribution in [0, 0.1) is 0 Å². The molecule has 3 rings (SSSR count). The molecular weight excluding hydrogens is 290 g/mol. The summed E-state index contributed by atoms with van der Waals surface area (Å²) < 4.78 is 0. The van der Waals surface area contributed by atoms with Gasteiger partial charge in [-0.15, -0.1) is 0 Å². The number of nitrogens with one attached hydrogen (secondary N) is 1. The SMILES string of the molecule is CCNC(=O)N1CCN(C(=O)c2ccc3c(c2)CCCC3)CC1. The quantitative estimate of drug-likeness (QED) is 0.908. The Kier molecular flexibility index (Phi) is 4.84. The summed E-state index contributed by atoms with van der Waals surface area (Å²) in [5, 5.41) is 2.81. The largest absolute Gasteiger partial charge is 0.338 e. The minimum absolute atomic E-state index is 0.0339. The van der Waals surface area contributed by atoms with Crippen molar-refractivity contribution in [1.29, 1.82) is 0 Å². The van der Waals surface area contributed by atoms with Gasteiger partial charge in [0.1, 0.15) is 0 Å². The molecule has 2 aliphatic rings. The van der Waals surface area contributed by atoms with Gasteiger partial charge in [0.2, 0.25) is 0 Å². The van der Waals surface area contributed by atoms with Crippen LogP contribution in [0.2, 0.25) is 0 Å². The monoisotopic (exact) mass is 315 g/mol. The van der Waals surface area contributed by atoms with Crippen LogP contribution in [0.25, 0.3) is 0 Å². The number of rotatable bonds is 2. The van der Waals surface area contributed by atoms with Gasteiger partial charge in [0, 0.05) is 38.3 Å². The highest BCUT2D eigenvalue weighted by molar-refractivity contribution is 5.94. The standard InChI is InChI=1S/C18H25N3O2/c1-2-19-18(23)21-11-9-20(10-12-21)17(22)16-8-7-14-5-3-4-6-15(14)13-16/h7-8,13H,2-6,9-12H2,1H3,(H,19,23). The molecule has 1 aromatic rings. The lowest BCUT2D eigenvalue weighted by Gasteiger charge is -2.34. The highest BCUT2D eigenvalue weighted by Crippen LogP contribution is 2.23. The molecule has 1 fully saturated rings. The number of piperazine rings is 1. The lowest BCUT2D eigenvalue weighted by atomic mass is 9.90. The van der Waals surface area contributed by atoms with Gasteiger partial charge in [0.15, 0.2) is 0 Å². The van der Waals surface area contributed by atoms with Crippen molar-refractivity contribution in [2.75, 3.05) is 32.7 Å². The molecule has 5 heteroatoms. The first-order valence-corrected chi connectivity index (χ1v) is 8.63. The maximum atomic E-state index is 12.7. The zero-order valence-electron chi connectivity index (χ0n) is 13.8. The van der Waals surface area contributed by atoms with Crippen LogP contribution in [0.5, 0.6) is 0 Å². The third-order valence-corrected chi connectivity index (χ3v) is 4.78. The summed E-state index contributed by atoms with van der Waals surface area (Å²) in [6, 6.07) is 6.12. The fraction of sp³-hybridized carbons (Fsp3) is 0.556. The van der Waals surface area contributed by atoms with E-state index in [4.69, 9.17) is 0 Å². The average molecular weight is 315 g/mol. The van der Waals surface area contributed by atoms with Crippen LogP contribution < -0.4 is 5.32 Å². The molecule has 23 heavy (non-hydrogen) atoms. The van der Waals surface area contributed by atoms with E-state index in [9.17, 15) is 9.59 Å². The van der Waals surface area contributed by atoms with Gasteiger partial charge in [0.25, 0.3) is 5.91 Å². The number of fused-ring (bicyclic) bond motifs is 1. The minimum atomic E-state index is -0.0339. The molecule has 1 saturated heterocycles. The van der Waals surface area contributed by atoms with Crippen LogP contribution in [0.3, 0.4) is 0 Å². The van der Waals surface area contributed by atoms with Crippen molar-refractivity contribution in [3.63, 3.8) is 0 Å². The van der Waals surface area contributed by atoms with E-state index in [1.165, 1.54) is 24.0 Å². The van der Waals surface area contributed by atoms with Gasteiger partial charge in [-0.3, -0.25) is 4.79 Å². The van der Waals surface area contributed by atoms with Crippen molar-refractivity contribution in [1.82, 2.24) is 15.1 Å². The smallest absolute Gasteiger partial charge is 0.317 e. The Hall–Kier alpha value is -2.04. The molecule has 0 atom stereocenters. The zero-order valence-corrected chi connectivity index (χ0v) is 13.8. The van der Waals surface area contributed by atoms with E-state index in [2.05, 4.69) is 17.4 Å². The topological polar surface area (TPSA) is 52.7 Å². The molecule has 0 aromatic heterocycles. The van der Waals surface area contributed by atoms with E-state index in [1.807, 2.05) is 17.9 Å². The van der Waals surface area contributed by atoms with Crippen molar-refractivity contribution >= 4 is 11.9 Å². The number of amides is 3. The molecule has 5 nitrogen and oxygen atoms in total. The van der Waals surface area contributed by atoms with Gasteiger partial charge >= 0.3 is 6.03 Å². The maximum absolute atomic E-state index is 12.7. The summed E-state index contributed by atoms with van der Waals surface area (Å²) >= 11 is 0. The molecule has 0 spiro atoms. The van der Waals surface area contributed by atoms with E-state index in [0.29, 0.717) is 32.7 Å². The summed E-state index contributed by atoms with van der Waals surface area (Å²) in [5.41, 5.74) is 3.52. The molecule has 0 radical (unpaired) electrons. The Morgan fingerprint density at radius 2 is 1.65 bits per heavy atom. The third kappa shape index (κ3) is 3.49. The number of hydrogen-bond acceptors (Lipinski definition) is 2. The fourth-order valence-corrected chi connectivity index (χ4v) is 3.42. The lowest BCUT2D eigenvalue weighted by molar-refractivity contribution is 0.0665. The molecule has 1 aliphatic heterocycles. The van der Waals surface area contributed by atoms with E-state index >= 15 is 0 Å². The highest BCUT2D eigenvalue weighted by Gasteiger charge is 2.25. The van der Waals surface area contributed by atoms with Crippen molar-refractivity contribution < 1.29 is 9.59 Å². The third-order valence-electron chi connectivity index (χ3n) is 4.78. The molecule has 1 aromatic carbocycles. The highest BCUT2D eigenvalue weighted by atomic mass is 16.2. The Morgan fingerprint density at radius 1 is 1.00 bits per heavy atom. The van der Waals surface area contributed by atoms with Crippen LogP contribution >= 0.6 is 0 Å². The van der Waals surface area contributed by atoms with Crippen molar-refractivity contribution in [3.8, 4) is 0 Å². The minimum Gasteiger partial charge on any atom is -0.338 e. The van der Waals surface area contributed by atoms with E-state index < -0.39 is 0 Å². The van der Waals surface area contributed by atoms with Crippen LogP contribution in [0.15, 0.2) is 18.2 Å². The summed E-state index contributed by atoms with van der Waals surface area (Å²) in [7, 11) is 0. The molecule has 0 saturated carbocycles. The fourth-order valence-electron chi connectivity index (χ4n) is 3.42. The first-order chi connectivity index (χ1) is 11.2. The number of aryl methyl sites for hydroxylation is 2. The van der Waals surface area contributed by atoms with E-state index in [0.717, 1.165) is 18.4 Å². The second kappa shape index (κ2) is 7.02. The summed E-state index contributed by atoms with van der Waals surface area (Å²) in [5.74, 6) is 0.0916. The van der Waals surface area contributed by atoms with E-state index in [1.54, 1.807) is 4.90 Å². The van der Waals surface area contributed by atoms with Gasteiger partial charge in [-0.2, -0.15) is 0 Å². The first kappa shape index (κ1) is 15.8. The second-order valence-corrected chi connectivity index (χ2v) is 6.31. The van der Waals surface area contributed by atoms with Crippen molar-refractivity contribution in [2.24, 2.45) is 0 Å². The Bertz CT molecular complexity index is 592. The number of nitrogens with zero attached hydrogens (tertiary/aromatic N) is 2. The summed E-state index contributed by atoms with van der Waals surface area (Å²) in [6.07, 6.45) is 4.69. The zero-order chi connectivity index (χ0) is 16.2. The summed E-state index contributed by atoms with van der Waals surface area (Å²) in [6.45, 7) is 4.95. The van der Waals surface area contributed by atoms with Gasteiger partial charge in [-0.1, -0.05) is 6.07 Å². The second-order valence-electron chi connectivity index (χ2n) is 6.31. The Balaban J connectivity index is 1.62. The first-order valence-electron chi connectivity index (χ1n) is 8.63. The number of carbonyl (C=O) groups excluding carboxylic acids is 2. The number of carbonyl (C=O) groups is 2. The van der Waals surface area contributed by atoms with Crippen LogP contribution in [0.1, 0.15) is 41.3 Å². The molecule has 1 aliphatic carbocycles. The molecule has 3 amide bonds. The molecule has 0 unspecified atom stereocenters. The van der Waals surface area contributed by atoms with Gasteiger partial charge in [0.05, 0.1) is 0 Å². The Morgan fingerprint density at radius 3 is 2.35 bits per heavy atom. The van der Waals surface area contributed by atoms with Crippen LogP contribution in [-0.2, 0) is 12.8 Å². The van der Waals surface area contributed by atoms with Crippen LogP contribution in [0.4, 0.5) is 4.79 Å². The van der Waals surface area contributed by atoms with Gasteiger partial charge in [-0.05, 0) is 55.9 Å². The van der Waals surface area contributed by atoms with Crippen molar-refractivity contribution in [2.45, 2.75) is 32.6 Å². The van der Waals surface area contributed by atoms with Gasteiger partial charge in [-0.25, -0.2) is 4.79 Å². The number of hydrogen-bond donors (Lipinski definition) is 1. The van der Waals surface area contributed by atoms with Crippen LogP contribution in [-0.4, -0.2) is 54.5 Å². The van der Waals surface area contributed by atoms with Crippen molar-refractivity contribution in [3.05, 3.63) is 34.9 Å². The molecule has 124 valence electrons. The molecule has 1 heterocycles. The number of benzene rings is 1. The molecular formula is C18H25N3O2. The molecule has 0 bridgehead atoms. The average Bonchev–Trinajstić information content (AvgIpc) is 2.61. The summed E-state index contributed by atoms with van der Waals surface area (Å²) in [4.78, 5) is 28.2. The number of urea groups is 1. The predicted octanol–water partition coefficient (Wildman–Crippen LogP) is 2.05. The normalized spacial score (nSPS) is 17.6. The maximum Gasteiger partial charge on any atom is 0.317 e. The van der Waals surface area contributed by atoms with Gasteiger partial charge < -0.3 is 15.1 Å². The predicted molar refractivity (Wildman–Crippen MR) is 89.6 cm³/mol. The molecule has 1 N–H and O–H groups in total. The van der Waals surface area contributed by atoms with E-state index in [-0.39, 0.29) is 11.9 Å². The Labute approximate surface area is 137 Å². The lowest BCUT2D eigenvalue weighted by Crippen LogP contribution is -2.53.